The first-order chi connectivity index (χ1) is 12.9. The predicted molar refractivity (Wildman–Crippen MR) is 84.8 cm³/mol. The summed E-state index contributed by atoms with van der Waals surface area (Å²) < 4.78 is 141. The van der Waals surface area contributed by atoms with Gasteiger partial charge in [0.1, 0.15) is 61.8 Å². The molecule has 2 rings (SSSR count). The van der Waals surface area contributed by atoms with E-state index in [-0.39, 0.29) is 118 Å². The molecular formula is C12H6Na4O13S4. The fraction of sp³-hybridized carbons (Fsp3) is 0. The maximum absolute atomic E-state index is 11.5. The molecule has 0 saturated carbocycles. The normalized spacial score (nSPS) is 11.6. The minimum Gasteiger partial charge on any atom is -0.744 e. The SMILES string of the molecule is O=S(=O)([O-])c1cccc(Oc2cccc(S(=O)(=O)[O-])c2S(=O)(=O)[O-])c1S(=O)(=O)[O-].[Na+].[Na+].[Na+].[Na+]. The van der Waals surface area contributed by atoms with Crippen molar-refractivity contribution in [2.24, 2.45) is 0 Å². The van der Waals surface area contributed by atoms with E-state index < -0.39 is 71.6 Å². The number of rotatable bonds is 6. The summed E-state index contributed by atoms with van der Waals surface area (Å²) in [5.74, 6) is -2.41. The molecule has 0 atom stereocenters. The van der Waals surface area contributed by atoms with Gasteiger partial charge in [-0.25, -0.2) is 33.7 Å². The van der Waals surface area contributed by atoms with E-state index in [0.717, 1.165) is 12.1 Å². The minimum absolute atomic E-state index is 0. The molecule has 0 aromatic heterocycles. The van der Waals surface area contributed by atoms with E-state index in [1.54, 1.807) is 0 Å². The summed E-state index contributed by atoms with van der Waals surface area (Å²) in [5, 5.41) is 0. The largest absolute Gasteiger partial charge is 1.00 e. The molecule has 0 spiro atoms. The third kappa shape index (κ3) is 10.3. The Hall–Kier alpha value is 1.88. The average molecular weight is 578 g/mol. The maximum Gasteiger partial charge on any atom is 1.00 e. The fourth-order valence-electron chi connectivity index (χ4n) is 2.16. The number of ether oxygens (including phenoxy) is 1. The van der Waals surface area contributed by atoms with Gasteiger partial charge in [0.15, 0.2) is 0 Å². The van der Waals surface area contributed by atoms with Gasteiger partial charge in [0.25, 0.3) is 0 Å². The van der Waals surface area contributed by atoms with Gasteiger partial charge < -0.3 is 22.9 Å². The number of benzene rings is 2. The van der Waals surface area contributed by atoms with E-state index in [9.17, 15) is 51.9 Å². The molecule has 160 valence electrons. The van der Waals surface area contributed by atoms with E-state index in [0.29, 0.717) is 24.3 Å². The van der Waals surface area contributed by atoms with Crippen LogP contribution in [0.1, 0.15) is 0 Å². The second kappa shape index (κ2) is 14.1. The summed E-state index contributed by atoms with van der Waals surface area (Å²) in [5.41, 5.74) is 0. The van der Waals surface area contributed by atoms with Crippen LogP contribution in [0.2, 0.25) is 0 Å². The van der Waals surface area contributed by atoms with Crippen LogP contribution in [0, 0.1) is 0 Å². The van der Waals surface area contributed by atoms with Gasteiger partial charge in [0, 0.05) is 0 Å². The number of hydrogen-bond donors (Lipinski definition) is 0. The fourth-order valence-corrected chi connectivity index (χ4v) is 5.87. The molecular weight excluding hydrogens is 572 g/mol. The molecule has 0 aliphatic carbocycles. The first-order valence-electron chi connectivity index (χ1n) is 6.71. The smallest absolute Gasteiger partial charge is 0.744 e. The Morgan fingerprint density at radius 1 is 0.485 bits per heavy atom. The molecule has 0 heterocycles. The van der Waals surface area contributed by atoms with Crippen molar-refractivity contribution in [3.8, 4) is 11.5 Å². The molecule has 2 aromatic rings. The van der Waals surface area contributed by atoms with Crippen molar-refractivity contribution in [1.29, 1.82) is 0 Å². The zero-order chi connectivity index (χ0) is 22.4. The molecule has 33 heavy (non-hydrogen) atoms. The van der Waals surface area contributed by atoms with E-state index in [2.05, 4.69) is 0 Å². The average Bonchev–Trinajstić information content (AvgIpc) is 2.50. The summed E-state index contributed by atoms with van der Waals surface area (Å²) in [6.45, 7) is 0. The van der Waals surface area contributed by atoms with Gasteiger partial charge in [-0.05, 0) is 24.3 Å². The van der Waals surface area contributed by atoms with Crippen LogP contribution < -0.4 is 123 Å². The van der Waals surface area contributed by atoms with Crippen molar-refractivity contribution >= 4 is 40.5 Å². The van der Waals surface area contributed by atoms with Gasteiger partial charge >= 0.3 is 118 Å². The summed E-state index contributed by atoms with van der Waals surface area (Å²) >= 11 is 0. The molecule has 0 fully saturated rings. The Morgan fingerprint density at radius 2 is 0.758 bits per heavy atom. The molecule has 0 saturated heterocycles. The van der Waals surface area contributed by atoms with Crippen LogP contribution in [-0.4, -0.2) is 51.9 Å². The van der Waals surface area contributed by atoms with Crippen molar-refractivity contribution in [3.63, 3.8) is 0 Å². The van der Waals surface area contributed by atoms with Crippen LogP contribution in [0.3, 0.4) is 0 Å². The van der Waals surface area contributed by atoms with Gasteiger partial charge in [-0.1, -0.05) is 12.1 Å². The summed E-state index contributed by atoms with van der Waals surface area (Å²) in [7, 11) is -22.5. The first-order valence-corrected chi connectivity index (χ1v) is 12.3. The van der Waals surface area contributed by atoms with Gasteiger partial charge in [0.05, 0.1) is 9.79 Å². The van der Waals surface area contributed by atoms with E-state index in [1.165, 1.54) is 0 Å². The summed E-state index contributed by atoms with van der Waals surface area (Å²) in [6.07, 6.45) is 0. The van der Waals surface area contributed by atoms with Crippen molar-refractivity contribution in [3.05, 3.63) is 36.4 Å². The van der Waals surface area contributed by atoms with Gasteiger partial charge in [-0.15, -0.1) is 0 Å². The monoisotopic (exact) mass is 578 g/mol. The Kier molecular flexibility index (Phi) is 16.9. The Balaban J connectivity index is -0.00000225. The third-order valence-corrected chi connectivity index (χ3v) is 7.00. The quantitative estimate of drug-likeness (QED) is 0.229. The molecule has 0 amide bonds. The van der Waals surface area contributed by atoms with E-state index in [4.69, 9.17) is 4.74 Å². The van der Waals surface area contributed by atoms with Gasteiger partial charge in [-0.3, -0.25) is 0 Å². The zero-order valence-electron chi connectivity index (χ0n) is 17.4. The van der Waals surface area contributed by atoms with E-state index in [1.807, 2.05) is 0 Å². The minimum atomic E-state index is -5.72. The van der Waals surface area contributed by atoms with Crippen LogP contribution in [0.25, 0.3) is 0 Å². The molecule has 0 unspecified atom stereocenters. The van der Waals surface area contributed by atoms with Crippen LogP contribution >= 0.6 is 0 Å². The topological polar surface area (TPSA) is 238 Å². The van der Waals surface area contributed by atoms with Crippen molar-refractivity contribution in [2.45, 2.75) is 19.6 Å². The second-order valence-electron chi connectivity index (χ2n) is 5.09. The van der Waals surface area contributed by atoms with E-state index >= 15 is 0 Å². The molecule has 2 aromatic carbocycles. The summed E-state index contributed by atoms with van der Waals surface area (Å²) in [6, 6.07) is 3.63. The molecule has 0 radical (unpaired) electrons. The predicted octanol–water partition coefficient (Wildman–Crippen LogP) is -12.9. The first kappa shape index (κ1) is 39.4. The third-order valence-electron chi connectivity index (χ3n) is 3.14. The molecule has 0 aliphatic rings. The Bertz CT molecular complexity index is 1310. The van der Waals surface area contributed by atoms with Crippen LogP contribution in [-0.2, 0) is 40.5 Å². The standard InChI is InChI=1S/C12H10O13S4.4Na/c13-26(14,15)9-5-1-3-7(11(9)28(19,20)21)25-8-4-2-6-10(27(16,17)18)12(8)29(22,23)24;;;;/h1-6H,(H,13,14,15)(H,16,17,18)(H,19,20,21)(H,22,23,24);;;;/q;4*+1/p-4. The van der Waals surface area contributed by atoms with Gasteiger partial charge in [-0.2, -0.15) is 0 Å². The van der Waals surface area contributed by atoms with Crippen molar-refractivity contribution in [1.82, 2.24) is 0 Å². The van der Waals surface area contributed by atoms with Crippen LogP contribution in [0.4, 0.5) is 0 Å². The molecule has 0 bridgehead atoms. The zero-order valence-corrected chi connectivity index (χ0v) is 28.7. The molecule has 0 aliphatic heterocycles. The van der Waals surface area contributed by atoms with Crippen molar-refractivity contribution in [2.75, 3.05) is 0 Å². The van der Waals surface area contributed by atoms with Crippen LogP contribution in [0.5, 0.6) is 11.5 Å². The van der Waals surface area contributed by atoms with Crippen molar-refractivity contribution < 1.29 is 175 Å². The molecule has 21 heteroatoms. The Labute approximate surface area is 278 Å². The molecule has 0 N–H and O–H groups in total. The number of hydrogen-bond acceptors (Lipinski definition) is 13. The Morgan fingerprint density at radius 3 is 0.970 bits per heavy atom. The maximum atomic E-state index is 11.5. The van der Waals surface area contributed by atoms with Gasteiger partial charge in [0.2, 0.25) is 0 Å². The van der Waals surface area contributed by atoms with Crippen LogP contribution in [0.15, 0.2) is 56.0 Å². The molecule has 13 nitrogen and oxygen atoms in total. The summed E-state index contributed by atoms with van der Waals surface area (Å²) in [4.78, 5) is -6.49. The second-order valence-corrected chi connectivity index (χ2v) is 10.4.